The van der Waals surface area contributed by atoms with Gasteiger partial charge in [0.1, 0.15) is 0 Å². The molecule has 0 bridgehead atoms. The van der Waals surface area contributed by atoms with Crippen molar-refractivity contribution in [2.75, 3.05) is 19.6 Å². The van der Waals surface area contributed by atoms with Crippen LogP contribution in [0.15, 0.2) is 6.20 Å². The average Bonchev–Trinajstić information content (AvgIpc) is 3.11. The van der Waals surface area contributed by atoms with E-state index in [9.17, 15) is 9.59 Å². The predicted octanol–water partition coefficient (Wildman–Crippen LogP) is 0.827. The zero-order valence-electron chi connectivity index (χ0n) is 12.0. The lowest BCUT2D eigenvalue weighted by atomic mass is 10.1. The van der Waals surface area contributed by atoms with Gasteiger partial charge in [-0.2, -0.15) is 0 Å². The van der Waals surface area contributed by atoms with Crippen LogP contribution in [0.2, 0.25) is 0 Å². The molecule has 1 aliphatic carbocycles. The number of carbonyl (C=O) groups excluding carboxylic acids is 1. The summed E-state index contributed by atoms with van der Waals surface area (Å²) in [4.78, 5) is 26.9. The lowest BCUT2D eigenvalue weighted by Crippen LogP contribution is -2.56. The van der Waals surface area contributed by atoms with Crippen LogP contribution in [0.4, 0.5) is 4.79 Å². The number of nitrogens with zero attached hydrogens (tertiary/aromatic N) is 5. The monoisotopic (exact) mass is 293 g/mol. The van der Waals surface area contributed by atoms with Crippen molar-refractivity contribution in [3.05, 3.63) is 11.9 Å². The van der Waals surface area contributed by atoms with Gasteiger partial charge in [0.2, 0.25) is 0 Å². The summed E-state index contributed by atoms with van der Waals surface area (Å²) in [7, 11) is 0. The molecule has 2 heterocycles. The number of aromatic carboxylic acids is 1. The van der Waals surface area contributed by atoms with Crippen molar-refractivity contribution >= 4 is 12.0 Å². The van der Waals surface area contributed by atoms with Gasteiger partial charge in [0.25, 0.3) is 0 Å². The van der Waals surface area contributed by atoms with E-state index >= 15 is 0 Å². The molecule has 8 nitrogen and oxygen atoms in total. The van der Waals surface area contributed by atoms with E-state index in [1.54, 1.807) is 4.90 Å². The van der Waals surface area contributed by atoms with Crippen molar-refractivity contribution in [3.8, 4) is 0 Å². The normalized spacial score (nSPS) is 18.4. The maximum absolute atomic E-state index is 12.4. The zero-order chi connectivity index (χ0) is 15.0. The van der Waals surface area contributed by atoms with E-state index in [4.69, 9.17) is 5.11 Å². The molecule has 0 atom stereocenters. The first kappa shape index (κ1) is 13.8. The second-order valence-electron chi connectivity index (χ2n) is 5.65. The number of hydrogen-bond acceptors (Lipinski definition) is 4. The van der Waals surface area contributed by atoms with Gasteiger partial charge in [-0.1, -0.05) is 12.1 Å². The van der Waals surface area contributed by atoms with Gasteiger partial charge in [-0.15, -0.1) is 5.10 Å². The summed E-state index contributed by atoms with van der Waals surface area (Å²) in [6, 6.07) is 0.535. The maximum Gasteiger partial charge on any atom is 0.358 e. The Morgan fingerprint density at radius 3 is 2.67 bits per heavy atom. The van der Waals surface area contributed by atoms with Gasteiger partial charge in [-0.25, -0.2) is 14.3 Å². The summed E-state index contributed by atoms with van der Waals surface area (Å²) in [6.07, 6.45) is 4.59. The van der Waals surface area contributed by atoms with Crippen LogP contribution in [0.5, 0.6) is 0 Å². The van der Waals surface area contributed by atoms with Gasteiger partial charge >= 0.3 is 12.0 Å². The Labute approximate surface area is 122 Å². The molecular formula is C13H19N5O3. The van der Waals surface area contributed by atoms with Crippen molar-refractivity contribution in [3.63, 3.8) is 0 Å². The minimum absolute atomic E-state index is 0.0252. The van der Waals surface area contributed by atoms with Crippen LogP contribution in [0.25, 0.3) is 0 Å². The van der Waals surface area contributed by atoms with Gasteiger partial charge in [-0.3, -0.25) is 0 Å². The third-order valence-electron chi connectivity index (χ3n) is 3.93. The topological polar surface area (TPSA) is 91.6 Å². The highest BCUT2D eigenvalue weighted by molar-refractivity contribution is 5.84. The second-order valence-corrected chi connectivity index (χ2v) is 5.65. The van der Waals surface area contributed by atoms with E-state index in [2.05, 4.69) is 17.2 Å². The Bertz CT molecular complexity index is 548. The Morgan fingerprint density at radius 1 is 1.43 bits per heavy atom. The molecule has 0 unspecified atom stereocenters. The molecule has 0 aromatic carbocycles. The van der Waals surface area contributed by atoms with E-state index in [-0.39, 0.29) is 17.8 Å². The smallest absolute Gasteiger partial charge is 0.358 e. The number of carbonyl (C=O) groups is 2. The standard InChI is InChI=1S/C13H19N5O3/c1-2-5-17(9-3-4-9)13(21)16-6-10(7-16)18-8-11(12(19)20)14-15-18/h8-10H,2-7H2,1H3,(H,19,20). The van der Waals surface area contributed by atoms with Crippen LogP contribution in [0.1, 0.15) is 42.7 Å². The van der Waals surface area contributed by atoms with E-state index in [1.807, 2.05) is 4.90 Å². The lowest BCUT2D eigenvalue weighted by molar-refractivity contribution is 0.0689. The molecule has 1 saturated heterocycles. The van der Waals surface area contributed by atoms with E-state index in [0.717, 1.165) is 25.8 Å². The number of amides is 2. The van der Waals surface area contributed by atoms with Crippen LogP contribution < -0.4 is 0 Å². The van der Waals surface area contributed by atoms with Gasteiger partial charge in [0.15, 0.2) is 5.69 Å². The van der Waals surface area contributed by atoms with Gasteiger partial charge in [-0.05, 0) is 19.3 Å². The fourth-order valence-electron chi connectivity index (χ4n) is 2.58. The van der Waals surface area contributed by atoms with Crippen LogP contribution in [0.3, 0.4) is 0 Å². The molecule has 1 saturated carbocycles. The Hall–Kier alpha value is -2.12. The molecule has 2 fully saturated rings. The van der Waals surface area contributed by atoms with E-state index in [1.165, 1.54) is 10.9 Å². The first-order valence-corrected chi connectivity index (χ1v) is 7.30. The Morgan fingerprint density at radius 2 is 2.14 bits per heavy atom. The molecule has 3 rings (SSSR count). The molecule has 1 aromatic rings. The highest BCUT2D eigenvalue weighted by Crippen LogP contribution is 2.30. The van der Waals surface area contributed by atoms with Crippen molar-refractivity contribution in [2.45, 2.75) is 38.3 Å². The highest BCUT2D eigenvalue weighted by atomic mass is 16.4. The molecule has 1 aromatic heterocycles. The van der Waals surface area contributed by atoms with Gasteiger partial charge in [0.05, 0.1) is 12.2 Å². The number of rotatable bonds is 5. The summed E-state index contributed by atoms with van der Waals surface area (Å²) in [5, 5.41) is 16.2. The van der Waals surface area contributed by atoms with Crippen LogP contribution in [0, 0.1) is 0 Å². The summed E-state index contributed by atoms with van der Waals surface area (Å²) in [5.41, 5.74) is -0.0645. The number of carboxylic acid groups (broad SMARTS) is 1. The summed E-state index contributed by atoms with van der Waals surface area (Å²) in [5.74, 6) is -1.09. The van der Waals surface area contributed by atoms with E-state index in [0.29, 0.717) is 19.1 Å². The van der Waals surface area contributed by atoms with Gasteiger partial charge < -0.3 is 14.9 Å². The van der Waals surface area contributed by atoms with Crippen LogP contribution >= 0.6 is 0 Å². The molecule has 8 heteroatoms. The molecule has 21 heavy (non-hydrogen) atoms. The molecular weight excluding hydrogens is 274 g/mol. The molecule has 0 radical (unpaired) electrons. The molecule has 114 valence electrons. The first-order chi connectivity index (χ1) is 10.1. The third kappa shape index (κ3) is 2.70. The number of carboxylic acids is 1. The molecule has 2 amide bonds. The summed E-state index contributed by atoms with van der Waals surface area (Å²) >= 11 is 0. The van der Waals surface area contributed by atoms with E-state index < -0.39 is 5.97 Å². The fourth-order valence-corrected chi connectivity index (χ4v) is 2.58. The quantitative estimate of drug-likeness (QED) is 0.868. The zero-order valence-corrected chi connectivity index (χ0v) is 12.0. The van der Waals surface area contributed by atoms with Crippen molar-refractivity contribution in [2.24, 2.45) is 0 Å². The predicted molar refractivity (Wildman–Crippen MR) is 73.0 cm³/mol. The van der Waals surface area contributed by atoms with Crippen molar-refractivity contribution < 1.29 is 14.7 Å². The van der Waals surface area contributed by atoms with Crippen LogP contribution in [-0.2, 0) is 0 Å². The Kier molecular flexibility index (Phi) is 3.52. The first-order valence-electron chi connectivity index (χ1n) is 7.30. The average molecular weight is 293 g/mol. The highest BCUT2D eigenvalue weighted by Gasteiger charge is 2.39. The maximum atomic E-state index is 12.4. The molecule has 1 aliphatic heterocycles. The number of likely N-dealkylation sites (tertiary alicyclic amines) is 1. The fraction of sp³-hybridized carbons (Fsp3) is 0.692. The molecule has 2 aliphatic rings. The molecule has 0 spiro atoms. The summed E-state index contributed by atoms with van der Waals surface area (Å²) < 4.78 is 1.54. The minimum atomic E-state index is -1.09. The lowest BCUT2D eigenvalue weighted by Gasteiger charge is -2.41. The number of urea groups is 1. The largest absolute Gasteiger partial charge is 0.476 e. The minimum Gasteiger partial charge on any atom is -0.476 e. The SMILES string of the molecule is CCCN(C(=O)N1CC(n2cc(C(=O)O)nn2)C1)C1CC1. The summed E-state index contributed by atoms with van der Waals surface area (Å²) in [6.45, 7) is 4.00. The van der Waals surface area contributed by atoms with Gasteiger partial charge in [0, 0.05) is 25.7 Å². The molecule has 1 N–H and O–H groups in total. The Balaban J connectivity index is 1.56. The number of hydrogen-bond donors (Lipinski definition) is 1. The number of aromatic nitrogens is 3. The van der Waals surface area contributed by atoms with Crippen LogP contribution in [-0.4, -0.2) is 67.6 Å². The van der Waals surface area contributed by atoms with Crippen molar-refractivity contribution in [1.29, 1.82) is 0 Å². The third-order valence-corrected chi connectivity index (χ3v) is 3.93. The second kappa shape index (κ2) is 5.34. The van der Waals surface area contributed by atoms with Crippen molar-refractivity contribution in [1.82, 2.24) is 24.8 Å².